The quantitative estimate of drug-likeness (QED) is 0.716. The molecule has 0 aliphatic rings. The molecule has 0 saturated carbocycles. The molecule has 2 N–H and O–H groups in total. The molecule has 6 heteroatoms. The van der Waals surface area contributed by atoms with E-state index in [-0.39, 0.29) is 18.1 Å². The number of carboxylic acid groups (broad SMARTS) is 1. The molecule has 70 valence electrons. The fraction of sp³-hybridized carbons (Fsp3) is 0.286. The molecule has 1 heterocycles. The molecule has 1 rings (SSSR count). The molecule has 0 amide bonds. The standard InChI is InChI=1S/C7H8FN3O2/c8-1-2-9-7-10-3-5(4-11-7)6(12)13/h3-4H,1-2H2,(H,12,13)(H,9,10,11). The van der Waals surface area contributed by atoms with Gasteiger partial charge in [0.15, 0.2) is 0 Å². The van der Waals surface area contributed by atoms with Crippen molar-refractivity contribution in [2.45, 2.75) is 0 Å². The van der Waals surface area contributed by atoms with Crippen LogP contribution in [0, 0.1) is 0 Å². The highest BCUT2D eigenvalue weighted by Gasteiger charge is 2.03. The van der Waals surface area contributed by atoms with E-state index in [0.29, 0.717) is 0 Å². The Kier molecular flexibility index (Phi) is 3.13. The van der Waals surface area contributed by atoms with E-state index in [1.807, 2.05) is 0 Å². The van der Waals surface area contributed by atoms with Crippen LogP contribution in [-0.4, -0.2) is 34.3 Å². The summed E-state index contributed by atoms with van der Waals surface area (Å²) in [6.07, 6.45) is 2.33. The molecule has 0 aromatic carbocycles. The third-order valence-electron chi connectivity index (χ3n) is 1.28. The van der Waals surface area contributed by atoms with E-state index in [4.69, 9.17) is 5.11 Å². The second-order valence-electron chi connectivity index (χ2n) is 2.22. The molecule has 5 nitrogen and oxygen atoms in total. The molecule has 1 aromatic heterocycles. The zero-order chi connectivity index (χ0) is 9.68. The number of rotatable bonds is 4. The van der Waals surface area contributed by atoms with Gasteiger partial charge in [-0.15, -0.1) is 0 Å². The molecule has 0 spiro atoms. The van der Waals surface area contributed by atoms with Crippen LogP contribution in [0.3, 0.4) is 0 Å². The van der Waals surface area contributed by atoms with Crippen LogP contribution in [0.4, 0.5) is 10.3 Å². The molecule has 0 saturated heterocycles. The van der Waals surface area contributed by atoms with Gasteiger partial charge in [-0.2, -0.15) is 0 Å². The van der Waals surface area contributed by atoms with Crippen LogP contribution >= 0.6 is 0 Å². The van der Waals surface area contributed by atoms with E-state index in [1.54, 1.807) is 0 Å². The number of aromatic carboxylic acids is 1. The fourth-order valence-corrected chi connectivity index (χ4v) is 0.689. The first-order valence-corrected chi connectivity index (χ1v) is 3.59. The van der Waals surface area contributed by atoms with Crippen molar-refractivity contribution in [1.29, 1.82) is 0 Å². The van der Waals surface area contributed by atoms with E-state index in [9.17, 15) is 9.18 Å². The zero-order valence-corrected chi connectivity index (χ0v) is 6.70. The lowest BCUT2D eigenvalue weighted by atomic mass is 10.3. The van der Waals surface area contributed by atoms with Crippen LogP contribution in [0.15, 0.2) is 12.4 Å². The smallest absolute Gasteiger partial charge is 0.338 e. The lowest BCUT2D eigenvalue weighted by Crippen LogP contribution is -2.07. The number of hydrogen-bond acceptors (Lipinski definition) is 4. The van der Waals surface area contributed by atoms with E-state index in [0.717, 1.165) is 12.4 Å². The number of nitrogens with zero attached hydrogens (tertiary/aromatic N) is 2. The van der Waals surface area contributed by atoms with Gasteiger partial charge < -0.3 is 10.4 Å². The van der Waals surface area contributed by atoms with Gasteiger partial charge in [0.25, 0.3) is 0 Å². The summed E-state index contributed by atoms with van der Waals surface area (Å²) in [6.45, 7) is -0.406. The Morgan fingerprint density at radius 1 is 1.54 bits per heavy atom. The third-order valence-corrected chi connectivity index (χ3v) is 1.28. The lowest BCUT2D eigenvalue weighted by Gasteiger charge is -2.00. The molecule has 0 bridgehead atoms. The van der Waals surface area contributed by atoms with Gasteiger partial charge in [-0.3, -0.25) is 0 Å². The Morgan fingerprint density at radius 2 is 2.15 bits per heavy atom. The van der Waals surface area contributed by atoms with E-state index in [2.05, 4.69) is 15.3 Å². The van der Waals surface area contributed by atoms with Gasteiger partial charge in [0.1, 0.15) is 6.67 Å². The van der Waals surface area contributed by atoms with E-state index >= 15 is 0 Å². The summed E-state index contributed by atoms with van der Waals surface area (Å²) in [5.41, 5.74) is 0.00537. The van der Waals surface area contributed by atoms with Crippen LogP contribution in [-0.2, 0) is 0 Å². The number of anilines is 1. The Bertz CT molecular complexity index is 288. The molecule has 0 aliphatic heterocycles. The molecule has 13 heavy (non-hydrogen) atoms. The zero-order valence-electron chi connectivity index (χ0n) is 6.70. The number of alkyl halides is 1. The second kappa shape index (κ2) is 4.34. The van der Waals surface area contributed by atoms with Crippen LogP contribution < -0.4 is 5.32 Å². The van der Waals surface area contributed by atoms with Gasteiger partial charge in [0.05, 0.1) is 5.56 Å². The van der Waals surface area contributed by atoms with Crippen molar-refractivity contribution in [1.82, 2.24) is 9.97 Å². The average Bonchev–Trinajstić information content (AvgIpc) is 2.15. The fourth-order valence-electron chi connectivity index (χ4n) is 0.689. The van der Waals surface area contributed by atoms with E-state index < -0.39 is 12.6 Å². The Balaban J connectivity index is 2.64. The summed E-state index contributed by atoms with van der Waals surface area (Å²) in [4.78, 5) is 17.7. The number of aromatic nitrogens is 2. The normalized spacial score (nSPS) is 9.62. The molecular formula is C7H8FN3O2. The number of nitrogens with one attached hydrogen (secondary N) is 1. The molecular weight excluding hydrogens is 177 g/mol. The van der Waals surface area contributed by atoms with Crippen molar-refractivity contribution < 1.29 is 14.3 Å². The summed E-state index contributed by atoms with van der Waals surface area (Å²) in [7, 11) is 0. The van der Waals surface area contributed by atoms with Gasteiger partial charge in [0, 0.05) is 18.9 Å². The van der Waals surface area contributed by atoms with Crippen molar-refractivity contribution in [3.05, 3.63) is 18.0 Å². The molecule has 0 aliphatic carbocycles. The summed E-state index contributed by atoms with van der Waals surface area (Å²) < 4.78 is 11.7. The number of carboxylic acids is 1. The van der Waals surface area contributed by atoms with E-state index in [1.165, 1.54) is 0 Å². The average molecular weight is 185 g/mol. The third kappa shape index (κ3) is 2.66. The first-order chi connectivity index (χ1) is 6.24. The SMILES string of the molecule is O=C(O)c1cnc(NCCF)nc1. The topological polar surface area (TPSA) is 75.1 Å². The predicted octanol–water partition coefficient (Wildman–Crippen LogP) is 0.556. The van der Waals surface area contributed by atoms with Gasteiger partial charge in [-0.25, -0.2) is 19.2 Å². The minimum absolute atomic E-state index is 0.00537. The number of carbonyl (C=O) groups is 1. The minimum Gasteiger partial charge on any atom is -0.478 e. The van der Waals surface area contributed by atoms with Crippen LogP contribution in [0.5, 0.6) is 0 Å². The summed E-state index contributed by atoms with van der Waals surface area (Å²) in [6, 6.07) is 0. The lowest BCUT2D eigenvalue weighted by molar-refractivity contribution is 0.0696. The Labute approximate surface area is 73.6 Å². The molecule has 0 unspecified atom stereocenters. The highest BCUT2D eigenvalue weighted by molar-refractivity contribution is 5.86. The van der Waals surface area contributed by atoms with Crippen molar-refractivity contribution in [2.75, 3.05) is 18.5 Å². The monoisotopic (exact) mass is 185 g/mol. The van der Waals surface area contributed by atoms with Crippen LogP contribution in [0.1, 0.15) is 10.4 Å². The maximum absolute atomic E-state index is 11.7. The first-order valence-electron chi connectivity index (χ1n) is 3.59. The molecule has 0 fully saturated rings. The van der Waals surface area contributed by atoms with Crippen molar-refractivity contribution in [3.8, 4) is 0 Å². The summed E-state index contributed by atoms with van der Waals surface area (Å²) >= 11 is 0. The molecule has 0 atom stereocenters. The van der Waals surface area contributed by atoms with Crippen LogP contribution in [0.25, 0.3) is 0 Å². The number of halogens is 1. The van der Waals surface area contributed by atoms with Crippen molar-refractivity contribution >= 4 is 11.9 Å². The highest BCUT2D eigenvalue weighted by Crippen LogP contribution is 1.99. The minimum atomic E-state index is -1.09. The van der Waals surface area contributed by atoms with Gasteiger partial charge in [0.2, 0.25) is 5.95 Å². The van der Waals surface area contributed by atoms with Crippen LogP contribution in [0.2, 0.25) is 0 Å². The Hall–Kier alpha value is -1.72. The maximum Gasteiger partial charge on any atom is 0.338 e. The van der Waals surface area contributed by atoms with Crippen molar-refractivity contribution in [3.63, 3.8) is 0 Å². The highest BCUT2D eigenvalue weighted by atomic mass is 19.1. The van der Waals surface area contributed by atoms with Gasteiger partial charge in [-0.1, -0.05) is 0 Å². The Morgan fingerprint density at radius 3 is 2.62 bits per heavy atom. The summed E-state index contributed by atoms with van der Waals surface area (Å²) in [5, 5.41) is 11.1. The summed E-state index contributed by atoms with van der Waals surface area (Å²) in [5.74, 6) is -0.861. The second-order valence-corrected chi connectivity index (χ2v) is 2.22. The molecule has 0 radical (unpaired) electrons. The molecule has 1 aromatic rings. The van der Waals surface area contributed by atoms with Gasteiger partial charge >= 0.3 is 5.97 Å². The predicted molar refractivity (Wildman–Crippen MR) is 43.5 cm³/mol. The van der Waals surface area contributed by atoms with Crippen molar-refractivity contribution in [2.24, 2.45) is 0 Å². The first kappa shape index (κ1) is 9.37. The maximum atomic E-state index is 11.7. The largest absolute Gasteiger partial charge is 0.478 e. The number of hydrogen-bond donors (Lipinski definition) is 2. The van der Waals surface area contributed by atoms with Gasteiger partial charge in [-0.05, 0) is 0 Å².